The minimum absolute atomic E-state index is 0.232. The number of hydrogen-bond donors (Lipinski definition) is 0. The van der Waals surface area contributed by atoms with Crippen LogP contribution in [0.3, 0.4) is 0 Å². The van der Waals surface area contributed by atoms with E-state index in [9.17, 15) is 8.78 Å². The summed E-state index contributed by atoms with van der Waals surface area (Å²) < 4.78 is 26.9. The van der Waals surface area contributed by atoms with Gasteiger partial charge in [-0.25, -0.2) is 8.78 Å². The van der Waals surface area contributed by atoms with E-state index < -0.39 is 0 Å². The average Bonchev–Trinajstić information content (AvgIpc) is 3.15. The molecular formula is C25H30F2N2. The van der Waals surface area contributed by atoms with E-state index >= 15 is 0 Å². The highest BCUT2D eigenvalue weighted by atomic mass is 19.1. The van der Waals surface area contributed by atoms with Crippen molar-refractivity contribution in [1.29, 1.82) is 0 Å². The van der Waals surface area contributed by atoms with Crippen molar-refractivity contribution in [3.05, 3.63) is 76.9 Å². The third-order valence-corrected chi connectivity index (χ3v) is 6.53. The van der Waals surface area contributed by atoms with Crippen molar-refractivity contribution in [2.75, 3.05) is 33.2 Å². The summed E-state index contributed by atoms with van der Waals surface area (Å²) in [5.41, 5.74) is 4.54. The second kappa shape index (κ2) is 9.19. The first-order chi connectivity index (χ1) is 14.1. The second-order valence-electron chi connectivity index (χ2n) is 8.40. The Balaban J connectivity index is 1.50. The summed E-state index contributed by atoms with van der Waals surface area (Å²) in [6, 6.07) is 14.1. The minimum atomic E-state index is -0.232. The molecule has 4 rings (SSSR count). The maximum absolute atomic E-state index is 13.5. The van der Waals surface area contributed by atoms with Gasteiger partial charge in [-0.3, -0.25) is 0 Å². The highest BCUT2D eigenvalue weighted by Crippen LogP contribution is 2.33. The molecule has 4 heteroatoms. The van der Waals surface area contributed by atoms with Crippen LogP contribution in [0.1, 0.15) is 43.2 Å². The van der Waals surface area contributed by atoms with Gasteiger partial charge in [0.25, 0.3) is 0 Å². The molecule has 154 valence electrons. The molecule has 2 saturated heterocycles. The summed E-state index contributed by atoms with van der Waals surface area (Å²) in [6.07, 6.45) is 5.91. The Bertz CT molecular complexity index is 785. The van der Waals surface area contributed by atoms with Crippen LogP contribution < -0.4 is 0 Å². The molecule has 0 bridgehead atoms. The molecular weight excluding hydrogens is 366 g/mol. The largest absolute Gasteiger partial charge is 0.303 e. The molecule has 0 aromatic heterocycles. The highest BCUT2D eigenvalue weighted by molar-refractivity contribution is 5.82. The Labute approximate surface area is 172 Å². The highest BCUT2D eigenvalue weighted by Gasteiger charge is 2.23. The minimum Gasteiger partial charge on any atom is -0.303 e. The Morgan fingerprint density at radius 3 is 1.90 bits per heavy atom. The maximum Gasteiger partial charge on any atom is 0.123 e. The summed E-state index contributed by atoms with van der Waals surface area (Å²) in [6.45, 7) is 4.50. The SMILES string of the molecule is CN1CCCC1CCN1CCC(=C(c2ccc(F)cc2)c2ccc(F)cc2)CC1. The van der Waals surface area contributed by atoms with Crippen LogP contribution in [-0.4, -0.2) is 49.1 Å². The number of halogens is 2. The van der Waals surface area contributed by atoms with E-state index in [4.69, 9.17) is 0 Å². The number of rotatable bonds is 5. The van der Waals surface area contributed by atoms with Crippen molar-refractivity contribution in [3.8, 4) is 0 Å². The zero-order valence-electron chi connectivity index (χ0n) is 17.2. The van der Waals surface area contributed by atoms with Crippen LogP contribution in [0, 0.1) is 11.6 Å². The van der Waals surface area contributed by atoms with Gasteiger partial charge in [-0.15, -0.1) is 0 Å². The fraction of sp³-hybridized carbons (Fsp3) is 0.440. The molecule has 0 saturated carbocycles. The lowest BCUT2D eigenvalue weighted by molar-refractivity contribution is 0.214. The summed E-state index contributed by atoms with van der Waals surface area (Å²) >= 11 is 0. The monoisotopic (exact) mass is 396 g/mol. The van der Waals surface area contributed by atoms with Crippen LogP contribution in [0.15, 0.2) is 54.1 Å². The lowest BCUT2D eigenvalue weighted by Crippen LogP contribution is -2.35. The normalized spacial score (nSPS) is 20.9. The molecule has 2 aliphatic heterocycles. The van der Waals surface area contributed by atoms with Crippen molar-refractivity contribution in [2.24, 2.45) is 0 Å². The molecule has 0 aliphatic carbocycles. The molecule has 1 atom stereocenters. The first-order valence-electron chi connectivity index (χ1n) is 10.8. The molecule has 2 aromatic carbocycles. The lowest BCUT2D eigenvalue weighted by Gasteiger charge is -2.31. The van der Waals surface area contributed by atoms with Gasteiger partial charge in [0.05, 0.1) is 0 Å². The quantitative estimate of drug-likeness (QED) is 0.672. The van der Waals surface area contributed by atoms with E-state index in [1.165, 1.54) is 55.6 Å². The third-order valence-electron chi connectivity index (χ3n) is 6.53. The molecule has 2 aliphatic rings. The van der Waals surface area contributed by atoms with Gasteiger partial charge >= 0.3 is 0 Å². The number of hydrogen-bond acceptors (Lipinski definition) is 2. The second-order valence-corrected chi connectivity index (χ2v) is 8.40. The van der Waals surface area contributed by atoms with Crippen LogP contribution >= 0.6 is 0 Å². The Hall–Kier alpha value is -2.04. The fourth-order valence-corrected chi connectivity index (χ4v) is 4.78. The van der Waals surface area contributed by atoms with E-state index in [1.54, 1.807) is 0 Å². The van der Waals surface area contributed by atoms with Crippen molar-refractivity contribution >= 4 is 5.57 Å². The van der Waals surface area contributed by atoms with Crippen LogP contribution in [0.5, 0.6) is 0 Å². The topological polar surface area (TPSA) is 6.48 Å². The average molecular weight is 397 g/mol. The van der Waals surface area contributed by atoms with Crippen molar-refractivity contribution in [1.82, 2.24) is 9.80 Å². The first kappa shape index (κ1) is 20.2. The third kappa shape index (κ3) is 4.93. The number of likely N-dealkylation sites (tertiary alicyclic amines) is 2. The molecule has 0 amide bonds. The predicted octanol–water partition coefficient (Wildman–Crippen LogP) is 5.35. The van der Waals surface area contributed by atoms with Crippen LogP contribution in [0.25, 0.3) is 5.57 Å². The van der Waals surface area contributed by atoms with Crippen molar-refractivity contribution in [3.63, 3.8) is 0 Å². The molecule has 2 aromatic rings. The Morgan fingerprint density at radius 1 is 0.862 bits per heavy atom. The van der Waals surface area contributed by atoms with Crippen LogP contribution in [0.4, 0.5) is 8.78 Å². The van der Waals surface area contributed by atoms with E-state index in [2.05, 4.69) is 16.8 Å². The van der Waals surface area contributed by atoms with Gasteiger partial charge in [0.15, 0.2) is 0 Å². The smallest absolute Gasteiger partial charge is 0.123 e. The van der Waals surface area contributed by atoms with E-state index in [1.807, 2.05) is 24.3 Å². The summed E-state index contributed by atoms with van der Waals surface area (Å²) in [5.74, 6) is -0.465. The zero-order chi connectivity index (χ0) is 20.2. The first-order valence-corrected chi connectivity index (χ1v) is 10.8. The van der Waals surface area contributed by atoms with Gasteiger partial charge < -0.3 is 9.80 Å². The van der Waals surface area contributed by atoms with Crippen molar-refractivity contribution < 1.29 is 8.78 Å². The summed E-state index contributed by atoms with van der Waals surface area (Å²) in [5, 5.41) is 0. The summed E-state index contributed by atoms with van der Waals surface area (Å²) in [4.78, 5) is 5.07. The van der Waals surface area contributed by atoms with E-state index in [-0.39, 0.29) is 11.6 Å². The number of nitrogens with zero attached hydrogens (tertiary/aromatic N) is 2. The molecule has 2 nitrogen and oxygen atoms in total. The van der Waals surface area contributed by atoms with Crippen molar-refractivity contribution in [2.45, 2.75) is 38.1 Å². The molecule has 0 spiro atoms. The molecule has 2 fully saturated rings. The van der Waals surface area contributed by atoms with E-state index in [0.29, 0.717) is 0 Å². The lowest BCUT2D eigenvalue weighted by atomic mass is 9.88. The molecule has 29 heavy (non-hydrogen) atoms. The molecule has 0 radical (unpaired) electrons. The van der Waals surface area contributed by atoms with Crippen LogP contribution in [0.2, 0.25) is 0 Å². The number of benzene rings is 2. The van der Waals surface area contributed by atoms with Gasteiger partial charge in [-0.05, 0) is 93.2 Å². The molecule has 1 unspecified atom stereocenters. The van der Waals surface area contributed by atoms with Crippen LogP contribution in [-0.2, 0) is 0 Å². The number of piperidine rings is 1. The summed E-state index contributed by atoms with van der Waals surface area (Å²) in [7, 11) is 2.24. The van der Waals surface area contributed by atoms with E-state index in [0.717, 1.165) is 55.2 Å². The van der Waals surface area contributed by atoms with Gasteiger partial charge in [0.1, 0.15) is 11.6 Å². The zero-order valence-corrected chi connectivity index (χ0v) is 17.2. The van der Waals surface area contributed by atoms with Gasteiger partial charge in [-0.1, -0.05) is 29.8 Å². The van der Waals surface area contributed by atoms with Gasteiger partial charge in [0.2, 0.25) is 0 Å². The molecule has 0 N–H and O–H groups in total. The predicted molar refractivity (Wildman–Crippen MR) is 115 cm³/mol. The van der Waals surface area contributed by atoms with Gasteiger partial charge in [0, 0.05) is 19.1 Å². The fourth-order valence-electron chi connectivity index (χ4n) is 4.78. The Morgan fingerprint density at radius 2 is 1.41 bits per heavy atom. The molecule has 2 heterocycles. The Kier molecular flexibility index (Phi) is 6.41. The maximum atomic E-state index is 13.5. The standard InChI is InChI=1S/C25H30F2N2/c1-28-15-2-3-24(28)14-18-29-16-12-21(13-17-29)25(19-4-8-22(26)9-5-19)20-6-10-23(27)11-7-20/h4-11,24H,2-3,12-18H2,1H3. The van der Waals surface area contributed by atoms with Gasteiger partial charge in [-0.2, -0.15) is 0 Å².